The van der Waals surface area contributed by atoms with Crippen molar-refractivity contribution in [2.45, 2.75) is 5.16 Å². The van der Waals surface area contributed by atoms with Crippen molar-refractivity contribution in [3.05, 3.63) is 24.3 Å². The van der Waals surface area contributed by atoms with Gasteiger partial charge in [-0.3, -0.25) is 4.79 Å². The minimum absolute atomic E-state index is 0.0249. The van der Waals surface area contributed by atoms with Crippen molar-refractivity contribution < 1.29 is 9.90 Å². The highest BCUT2D eigenvalue weighted by Gasteiger charge is 2.20. The van der Waals surface area contributed by atoms with Crippen LogP contribution in [0.5, 0.6) is 0 Å². The lowest BCUT2D eigenvalue weighted by molar-refractivity contribution is -0.133. The molecule has 21 heavy (non-hydrogen) atoms. The fourth-order valence-electron chi connectivity index (χ4n) is 2.48. The summed E-state index contributed by atoms with van der Waals surface area (Å²) in [6, 6.07) is 7.94. The van der Waals surface area contributed by atoms with Gasteiger partial charge in [0.2, 0.25) is 0 Å². The maximum absolute atomic E-state index is 10.8. The molecule has 112 valence electrons. The van der Waals surface area contributed by atoms with Crippen molar-refractivity contribution >= 4 is 28.8 Å². The van der Waals surface area contributed by atoms with Gasteiger partial charge in [-0.15, -0.1) is 0 Å². The second-order valence-corrected chi connectivity index (χ2v) is 6.08. The number of carboxylic acid groups (broad SMARTS) is 1. The minimum Gasteiger partial charge on any atom is -0.481 e. The summed E-state index contributed by atoms with van der Waals surface area (Å²) >= 11 is 1.27. The highest BCUT2D eigenvalue weighted by Crippen LogP contribution is 2.24. The Bertz CT molecular complexity index is 649. The molecule has 2 aromatic rings. The van der Waals surface area contributed by atoms with Gasteiger partial charge in [0.05, 0.1) is 16.8 Å². The van der Waals surface area contributed by atoms with Crippen molar-refractivity contribution in [3.8, 4) is 0 Å². The zero-order valence-corrected chi connectivity index (χ0v) is 12.7. The van der Waals surface area contributed by atoms with Crippen molar-refractivity contribution in [2.24, 2.45) is 0 Å². The molecular weight excluding hydrogens is 288 g/mol. The topological polar surface area (TPSA) is 61.6 Å². The number of fused-ring (bicyclic) bond motifs is 1. The van der Waals surface area contributed by atoms with E-state index < -0.39 is 5.97 Å². The Balaban J connectivity index is 1.96. The van der Waals surface area contributed by atoms with Gasteiger partial charge in [0.1, 0.15) is 0 Å². The molecule has 2 heterocycles. The van der Waals surface area contributed by atoms with E-state index in [0.29, 0.717) is 0 Å². The first-order valence-electron chi connectivity index (χ1n) is 6.91. The van der Waals surface area contributed by atoms with E-state index >= 15 is 0 Å². The number of piperazine rings is 1. The Morgan fingerprint density at radius 3 is 2.71 bits per heavy atom. The first-order chi connectivity index (χ1) is 10.1. The summed E-state index contributed by atoms with van der Waals surface area (Å²) in [7, 11) is 2.11. The van der Waals surface area contributed by atoms with Crippen molar-refractivity contribution in [3.63, 3.8) is 0 Å². The molecule has 0 aliphatic carbocycles. The standard InChI is InChI=1S/C14H18N4O2S/c1-16-6-8-17(9-7-16)18-12-5-3-2-4-11(12)15-14(18)21-10-13(19)20/h2-5H,6-10H2,1H3,(H,19,20). The van der Waals surface area contributed by atoms with Gasteiger partial charge in [-0.1, -0.05) is 23.9 Å². The SMILES string of the molecule is CN1CCN(n2c(SCC(=O)O)nc3ccccc32)CC1. The smallest absolute Gasteiger partial charge is 0.313 e. The molecule has 0 amide bonds. The van der Waals surface area contributed by atoms with Gasteiger partial charge in [-0.2, -0.15) is 0 Å². The molecule has 1 aromatic carbocycles. The van der Waals surface area contributed by atoms with Crippen LogP contribution in [-0.4, -0.2) is 64.6 Å². The number of aromatic nitrogens is 2. The van der Waals surface area contributed by atoms with Gasteiger partial charge < -0.3 is 15.0 Å². The number of nitrogens with zero attached hydrogens (tertiary/aromatic N) is 4. The fraction of sp³-hybridized carbons (Fsp3) is 0.429. The highest BCUT2D eigenvalue weighted by molar-refractivity contribution is 7.99. The van der Waals surface area contributed by atoms with E-state index in [2.05, 4.69) is 26.6 Å². The van der Waals surface area contributed by atoms with Gasteiger partial charge in [-0.05, 0) is 19.2 Å². The third-order valence-electron chi connectivity index (χ3n) is 3.59. The number of carbonyl (C=O) groups is 1. The predicted molar refractivity (Wildman–Crippen MR) is 83.5 cm³/mol. The molecule has 0 unspecified atom stereocenters. The molecule has 0 bridgehead atoms. The van der Waals surface area contributed by atoms with Crippen LogP contribution in [0.1, 0.15) is 0 Å². The molecule has 1 aromatic heterocycles. The van der Waals surface area contributed by atoms with E-state index in [0.717, 1.165) is 42.4 Å². The van der Waals surface area contributed by atoms with Crippen LogP contribution in [0.4, 0.5) is 0 Å². The van der Waals surface area contributed by atoms with E-state index in [4.69, 9.17) is 5.11 Å². The molecule has 0 saturated carbocycles. The van der Waals surface area contributed by atoms with Crippen LogP contribution in [0.25, 0.3) is 11.0 Å². The van der Waals surface area contributed by atoms with Crippen molar-refractivity contribution in [1.82, 2.24) is 14.6 Å². The molecule has 0 atom stereocenters. The average Bonchev–Trinajstić information content (AvgIpc) is 2.84. The minimum atomic E-state index is -0.822. The third kappa shape index (κ3) is 2.98. The third-order valence-corrected chi connectivity index (χ3v) is 4.51. The Morgan fingerprint density at radius 2 is 2.00 bits per heavy atom. The zero-order chi connectivity index (χ0) is 14.8. The molecule has 1 aliphatic heterocycles. The molecule has 6 nitrogen and oxygen atoms in total. The molecule has 0 radical (unpaired) electrons. The van der Waals surface area contributed by atoms with Crippen LogP contribution in [-0.2, 0) is 4.79 Å². The predicted octanol–water partition coefficient (Wildman–Crippen LogP) is 1.10. The number of imidazole rings is 1. The summed E-state index contributed by atoms with van der Waals surface area (Å²) < 4.78 is 2.08. The quantitative estimate of drug-likeness (QED) is 0.854. The first-order valence-corrected chi connectivity index (χ1v) is 7.89. The number of likely N-dealkylation sites (N-methyl/N-ethyl adjacent to an activating group) is 1. The highest BCUT2D eigenvalue weighted by atomic mass is 32.2. The Hall–Kier alpha value is -1.73. The molecule has 0 spiro atoms. The Morgan fingerprint density at radius 1 is 1.29 bits per heavy atom. The monoisotopic (exact) mass is 306 g/mol. The summed E-state index contributed by atoms with van der Waals surface area (Å²) in [5, 5.41) is 11.9. The largest absolute Gasteiger partial charge is 0.481 e. The molecule has 3 rings (SSSR count). The number of carboxylic acids is 1. The van der Waals surface area contributed by atoms with E-state index in [9.17, 15) is 4.79 Å². The van der Waals surface area contributed by atoms with Crippen LogP contribution >= 0.6 is 11.8 Å². The number of thioether (sulfide) groups is 1. The van der Waals surface area contributed by atoms with Crippen molar-refractivity contribution in [2.75, 3.05) is 44.0 Å². The molecule has 1 saturated heterocycles. The van der Waals surface area contributed by atoms with Gasteiger partial charge in [0.25, 0.3) is 0 Å². The number of hydrogen-bond acceptors (Lipinski definition) is 5. The van der Waals surface area contributed by atoms with Crippen LogP contribution < -0.4 is 5.01 Å². The zero-order valence-electron chi connectivity index (χ0n) is 11.9. The molecule has 1 aliphatic rings. The molecule has 1 fully saturated rings. The van der Waals surface area contributed by atoms with Gasteiger partial charge in [-0.25, -0.2) is 9.66 Å². The van der Waals surface area contributed by atoms with Crippen molar-refractivity contribution in [1.29, 1.82) is 0 Å². The van der Waals surface area contributed by atoms with Gasteiger partial charge in [0.15, 0.2) is 5.16 Å². The first kappa shape index (κ1) is 14.2. The summed E-state index contributed by atoms with van der Waals surface area (Å²) in [6.45, 7) is 3.82. The Labute approximate surface area is 127 Å². The van der Waals surface area contributed by atoms with Crippen LogP contribution in [0.3, 0.4) is 0 Å². The van der Waals surface area contributed by atoms with E-state index in [1.807, 2.05) is 24.3 Å². The number of hydrogen-bond donors (Lipinski definition) is 1. The normalized spacial score (nSPS) is 16.5. The van der Waals surface area contributed by atoms with E-state index in [1.165, 1.54) is 11.8 Å². The average molecular weight is 306 g/mol. The summed E-state index contributed by atoms with van der Waals surface area (Å²) in [5.74, 6) is -0.797. The fourth-order valence-corrected chi connectivity index (χ4v) is 3.23. The van der Waals surface area contributed by atoms with Crippen LogP contribution in [0, 0.1) is 0 Å². The van der Waals surface area contributed by atoms with Crippen LogP contribution in [0.15, 0.2) is 29.4 Å². The second kappa shape index (κ2) is 5.95. The van der Waals surface area contributed by atoms with Gasteiger partial charge in [0, 0.05) is 26.2 Å². The number of rotatable bonds is 4. The maximum atomic E-state index is 10.8. The van der Waals surface area contributed by atoms with E-state index in [1.54, 1.807) is 0 Å². The molecular formula is C14H18N4O2S. The maximum Gasteiger partial charge on any atom is 0.313 e. The lowest BCUT2D eigenvalue weighted by Crippen LogP contribution is -2.50. The Kier molecular flexibility index (Phi) is 4.03. The number of aliphatic carboxylic acids is 1. The molecule has 1 N–H and O–H groups in total. The lowest BCUT2D eigenvalue weighted by Gasteiger charge is -2.35. The summed E-state index contributed by atoms with van der Waals surface area (Å²) in [6.07, 6.45) is 0. The van der Waals surface area contributed by atoms with Gasteiger partial charge >= 0.3 is 5.97 Å². The lowest BCUT2D eigenvalue weighted by atomic mass is 10.3. The molecule has 7 heteroatoms. The van der Waals surface area contributed by atoms with E-state index in [-0.39, 0.29) is 5.75 Å². The number of para-hydroxylation sites is 2. The van der Waals surface area contributed by atoms with Crippen LogP contribution in [0.2, 0.25) is 0 Å². The second-order valence-electron chi connectivity index (χ2n) is 5.13. The summed E-state index contributed by atoms with van der Waals surface area (Å²) in [4.78, 5) is 17.7. The summed E-state index contributed by atoms with van der Waals surface area (Å²) in [5.41, 5.74) is 1.94. The number of benzene rings is 1.